The highest BCUT2D eigenvalue weighted by Gasteiger charge is 2.07. The lowest BCUT2D eigenvalue weighted by molar-refractivity contribution is -0.132. The molecule has 0 saturated carbocycles. The highest BCUT2D eigenvalue weighted by Crippen LogP contribution is 2.22. The van der Waals surface area contributed by atoms with Gasteiger partial charge in [0.25, 0.3) is 0 Å². The standard InChI is InChI=1S/C11H11ClO2/c1-8(11(13)14)7-10(12)9-5-3-2-4-6-9/h2-7,10H,1H3,(H,13,14). The van der Waals surface area contributed by atoms with E-state index in [1.165, 1.54) is 13.0 Å². The smallest absolute Gasteiger partial charge is 0.331 e. The molecule has 1 aromatic rings. The van der Waals surface area contributed by atoms with Crippen LogP contribution in [0.4, 0.5) is 0 Å². The van der Waals surface area contributed by atoms with Gasteiger partial charge in [-0.05, 0) is 12.5 Å². The molecule has 0 radical (unpaired) electrons. The first-order valence-electron chi connectivity index (χ1n) is 4.22. The van der Waals surface area contributed by atoms with Crippen LogP contribution in [0.15, 0.2) is 42.0 Å². The molecule has 1 N–H and O–H groups in total. The number of carboxylic acids is 1. The first-order chi connectivity index (χ1) is 6.61. The molecule has 1 unspecified atom stereocenters. The minimum Gasteiger partial charge on any atom is -0.478 e. The molecule has 1 aromatic carbocycles. The second-order valence-electron chi connectivity index (χ2n) is 2.97. The summed E-state index contributed by atoms with van der Waals surface area (Å²) in [5.74, 6) is -0.938. The van der Waals surface area contributed by atoms with Crippen molar-refractivity contribution in [3.05, 3.63) is 47.5 Å². The molecule has 0 fully saturated rings. The molecule has 0 aliphatic rings. The molecule has 74 valence electrons. The third kappa shape index (κ3) is 2.89. The van der Waals surface area contributed by atoms with Crippen LogP contribution in [0.5, 0.6) is 0 Å². The van der Waals surface area contributed by atoms with Crippen LogP contribution in [0.25, 0.3) is 0 Å². The van der Waals surface area contributed by atoms with Crippen molar-refractivity contribution in [2.45, 2.75) is 12.3 Å². The molecule has 1 rings (SSSR count). The zero-order valence-electron chi connectivity index (χ0n) is 7.77. The Morgan fingerprint density at radius 1 is 1.43 bits per heavy atom. The lowest BCUT2D eigenvalue weighted by Crippen LogP contribution is -1.98. The van der Waals surface area contributed by atoms with Crippen molar-refractivity contribution >= 4 is 17.6 Å². The predicted molar refractivity (Wildman–Crippen MR) is 56.4 cm³/mol. The summed E-state index contributed by atoms with van der Waals surface area (Å²) < 4.78 is 0. The Balaban J connectivity index is 2.82. The van der Waals surface area contributed by atoms with Gasteiger partial charge in [-0.25, -0.2) is 4.79 Å². The Labute approximate surface area is 87.8 Å². The van der Waals surface area contributed by atoms with Gasteiger partial charge < -0.3 is 5.11 Å². The van der Waals surface area contributed by atoms with E-state index in [1.54, 1.807) is 0 Å². The van der Waals surface area contributed by atoms with Crippen LogP contribution >= 0.6 is 11.6 Å². The summed E-state index contributed by atoms with van der Waals surface area (Å²) in [5.41, 5.74) is 1.16. The molecule has 0 bridgehead atoms. The van der Waals surface area contributed by atoms with E-state index in [2.05, 4.69) is 0 Å². The summed E-state index contributed by atoms with van der Waals surface area (Å²) >= 11 is 6.01. The summed E-state index contributed by atoms with van der Waals surface area (Å²) in [6, 6.07) is 9.36. The van der Waals surface area contributed by atoms with E-state index in [0.717, 1.165) is 5.56 Å². The number of halogens is 1. The molecule has 1 atom stereocenters. The van der Waals surface area contributed by atoms with Gasteiger partial charge in [0.05, 0.1) is 5.38 Å². The van der Waals surface area contributed by atoms with Gasteiger partial charge in [0, 0.05) is 5.57 Å². The van der Waals surface area contributed by atoms with Gasteiger partial charge in [0.2, 0.25) is 0 Å². The summed E-state index contributed by atoms with van der Waals surface area (Å²) in [5, 5.41) is 8.27. The van der Waals surface area contributed by atoms with E-state index in [0.29, 0.717) is 0 Å². The van der Waals surface area contributed by atoms with Crippen LogP contribution in [-0.2, 0) is 4.79 Å². The second-order valence-corrected chi connectivity index (χ2v) is 3.44. The zero-order chi connectivity index (χ0) is 10.6. The Kier molecular flexibility index (Phi) is 3.72. The van der Waals surface area contributed by atoms with Gasteiger partial charge >= 0.3 is 5.97 Å². The van der Waals surface area contributed by atoms with Gasteiger partial charge in [0.15, 0.2) is 0 Å². The van der Waals surface area contributed by atoms with Crippen LogP contribution in [-0.4, -0.2) is 11.1 Å². The van der Waals surface area contributed by atoms with Crippen molar-refractivity contribution in [3.8, 4) is 0 Å². The van der Waals surface area contributed by atoms with Crippen LogP contribution in [0, 0.1) is 0 Å². The van der Waals surface area contributed by atoms with E-state index < -0.39 is 5.97 Å². The van der Waals surface area contributed by atoms with Crippen molar-refractivity contribution in [1.29, 1.82) is 0 Å². The van der Waals surface area contributed by atoms with E-state index in [-0.39, 0.29) is 11.0 Å². The maximum atomic E-state index is 10.5. The van der Waals surface area contributed by atoms with Crippen molar-refractivity contribution in [1.82, 2.24) is 0 Å². The molecule has 0 amide bonds. The van der Waals surface area contributed by atoms with Crippen LogP contribution in [0.2, 0.25) is 0 Å². The maximum absolute atomic E-state index is 10.5. The molecule has 3 heteroatoms. The van der Waals surface area contributed by atoms with Gasteiger partial charge in [-0.15, -0.1) is 11.6 Å². The van der Waals surface area contributed by atoms with Crippen LogP contribution < -0.4 is 0 Å². The number of hydrogen-bond acceptors (Lipinski definition) is 1. The highest BCUT2D eigenvalue weighted by molar-refractivity contribution is 6.22. The third-order valence-electron chi connectivity index (χ3n) is 1.85. The lowest BCUT2D eigenvalue weighted by atomic mass is 10.1. The summed E-state index contributed by atoms with van der Waals surface area (Å²) in [6.45, 7) is 1.53. The number of alkyl halides is 1. The van der Waals surface area contributed by atoms with Crippen molar-refractivity contribution in [2.75, 3.05) is 0 Å². The first-order valence-corrected chi connectivity index (χ1v) is 4.65. The topological polar surface area (TPSA) is 37.3 Å². The van der Waals surface area contributed by atoms with Gasteiger partial charge in [-0.1, -0.05) is 36.4 Å². The van der Waals surface area contributed by atoms with E-state index in [1.807, 2.05) is 30.3 Å². The fourth-order valence-corrected chi connectivity index (χ4v) is 1.36. The summed E-state index contributed by atoms with van der Waals surface area (Å²) in [4.78, 5) is 10.5. The van der Waals surface area contributed by atoms with Crippen molar-refractivity contribution in [2.24, 2.45) is 0 Å². The predicted octanol–water partition coefficient (Wildman–Crippen LogP) is 3.00. The Morgan fingerprint density at radius 2 is 2.00 bits per heavy atom. The summed E-state index contributed by atoms with van der Waals surface area (Å²) in [6.07, 6.45) is 1.53. The SMILES string of the molecule is CC(=CC(Cl)c1ccccc1)C(=O)O. The minimum atomic E-state index is -0.938. The fourth-order valence-electron chi connectivity index (χ4n) is 1.02. The Hall–Kier alpha value is -1.28. The molecule has 0 aromatic heterocycles. The highest BCUT2D eigenvalue weighted by atomic mass is 35.5. The monoisotopic (exact) mass is 210 g/mol. The normalized spacial score (nSPS) is 13.7. The summed E-state index contributed by atoms with van der Waals surface area (Å²) in [7, 11) is 0. The van der Waals surface area contributed by atoms with Gasteiger partial charge in [0.1, 0.15) is 0 Å². The molecular formula is C11H11ClO2. The third-order valence-corrected chi connectivity index (χ3v) is 2.23. The van der Waals surface area contributed by atoms with E-state index in [9.17, 15) is 4.79 Å². The average molecular weight is 211 g/mol. The fraction of sp³-hybridized carbons (Fsp3) is 0.182. The number of carboxylic acid groups (broad SMARTS) is 1. The van der Waals surface area contributed by atoms with Gasteiger partial charge in [-0.3, -0.25) is 0 Å². The number of rotatable bonds is 3. The zero-order valence-corrected chi connectivity index (χ0v) is 8.53. The molecule has 0 aliphatic carbocycles. The molecule has 0 heterocycles. The number of allylic oxidation sites excluding steroid dienone is 1. The molecule has 14 heavy (non-hydrogen) atoms. The second kappa shape index (κ2) is 4.82. The Morgan fingerprint density at radius 3 is 2.50 bits per heavy atom. The average Bonchev–Trinajstić information content (AvgIpc) is 2.19. The number of carbonyl (C=O) groups is 1. The molecular weight excluding hydrogens is 200 g/mol. The van der Waals surface area contributed by atoms with Crippen LogP contribution in [0.3, 0.4) is 0 Å². The van der Waals surface area contributed by atoms with Crippen molar-refractivity contribution < 1.29 is 9.90 Å². The number of hydrogen-bond donors (Lipinski definition) is 1. The molecule has 0 saturated heterocycles. The van der Waals surface area contributed by atoms with Crippen LogP contribution in [0.1, 0.15) is 17.9 Å². The minimum absolute atomic E-state index is 0.258. The van der Waals surface area contributed by atoms with Gasteiger partial charge in [-0.2, -0.15) is 0 Å². The maximum Gasteiger partial charge on any atom is 0.331 e. The molecule has 0 aliphatic heterocycles. The number of aliphatic carboxylic acids is 1. The largest absolute Gasteiger partial charge is 0.478 e. The lowest BCUT2D eigenvalue weighted by Gasteiger charge is -2.04. The quantitative estimate of drug-likeness (QED) is 0.615. The van der Waals surface area contributed by atoms with E-state index in [4.69, 9.17) is 16.7 Å². The van der Waals surface area contributed by atoms with E-state index >= 15 is 0 Å². The first kappa shape index (κ1) is 10.8. The van der Waals surface area contributed by atoms with Crippen molar-refractivity contribution in [3.63, 3.8) is 0 Å². The number of benzene rings is 1. The Bertz CT molecular complexity index is 344. The molecule has 0 spiro atoms. The molecule has 2 nitrogen and oxygen atoms in total.